The fourth-order valence-electron chi connectivity index (χ4n) is 1.93. The number of aryl methyl sites for hydroxylation is 1. The van der Waals surface area contributed by atoms with Gasteiger partial charge in [-0.15, -0.1) is 0 Å². The van der Waals surface area contributed by atoms with Gasteiger partial charge in [0.2, 0.25) is 0 Å². The minimum absolute atomic E-state index is 0.0425. The third-order valence-corrected chi connectivity index (χ3v) is 4.51. The van der Waals surface area contributed by atoms with Gasteiger partial charge >= 0.3 is 0 Å². The number of hydrogen-bond donors (Lipinski definition) is 1. The van der Waals surface area contributed by atoms with Gasteiger partial charge < -0.3 is 9.67 Å². The van der Waals surface area contributed by atoms with Crippen molar-refractivity contribution in [1.82, 2.24) is 9.55 Å². The molecule has 0 bridgehead atoms. The van der Waals surface area contributed by atoms with Crippen LogP contribution in [-0.2, 0) is 7.05 Å². The number of aliphatic hydroxyl groups excluding tert-OH is 1. The lowest BCUT2D eigenvalue weighted by Crippen LogP contribution is -2.28. The maximum absolute atomic E-state index is 10.2. The van der Waals surface area contributed by atoms with E-state index in [4.69, 9.17) is 0 Å². The van der Waals surface area contributed by atoms with Crippen LogP contribution in [0.3, 0.4) is 0 Å². The van der Waals surface area contributed by atoms with Crippen molar-refractivity contribution >= 4 is 11.8 Å². The van der Waals surface area contributed by atoms with E-state index in [1.807, 2.05) is 29.6 Å². The van der Waals surface area contributed by atoms with Gasteiger partial charge in [0.1, 0.15) is 11.9 Å². The molecule has 1 fully saturated rings. The Morgan fingerprint density at radius 1 is 1.71 bits per heavy atom. The molecule has 1 aliphatic heterocycles. The molecule has 1 aliphatic rings. The van der Waals surface area contributed by atoms with Crippen LogP contribution < -0.4 is 0 Å². The second kappa shape index (κ2) is 3.59. The summed E-state index contributed by atoms with van der Waals surface area (Å²) in [5.74, 6) is 1.93. The lowest BCUT2D eigenvalue weighted by Gasteiger charge is -2.28. The van der Waals surface area contributed by atoms with Gasteiger partial charge in [0.15, 0.2) is 0 Å². The topological polar surface area (TPSA) is 38.0 Å². The zero-order valence-electron chi connectivity index (χ0n) is 8.60. The highest BCUT2D eigenvalue weighted by Gasteiger charge is 2.39. The number of imidazole rings is 1. The third kappa shape index (κ3) is 1.57. The molecule has 0 saturated carbocycles. The molecular weight excluding hydrogens is 196 g/mol. The number of aromatic nitrogens is 2. The molecule has 0 aliphatic carbocycles. The first-order valence-electron chi connectivity index (χ1n) is 4.93. The lowest BCUT2D eigenvalue weighted by atomic mass is 9.98. The first kappa shape index (κ1) is 10.1. The van der Waals surface area contributed by atoms with E-state index in [-0.39, 0.29) is 4.75 Å². The minimum atomic E-state index is -0.449. The lowest BCUT2D eigenvalue weighted by molar-refractivity contribution is 0.123. The number of thioether (sulfide) groups is 1. The minimum Gasteiger partial charge on any atom is -0.384 e. The monoisotopic (exact) mass is 212 g/mol. The molecular formula is C10H16N2OS. The summed E-state index contributed by atoms with van der Waals surface area (Å²) in [5.41, 5.74) is 0. The molecule has 0 spiro atoms. The summed E-state index contributed by atoms with van der Waals surface area (Å²) in [4.78, 5) is 4.21. The summed E-state index contributed by atoms with van der Waals surface area (Å²) in [5, 5.41) is 10.2. The molecule has 2 atom stereocenters. The molecule has 0 aromatic carbocycles. The van der Waals surface area contributed by atoms with Crippen molar-refractivity contribution in [3.05, 3.63) is 18.2 Å². The smallest absolute Gasteiger partial charge is 0.138 e. The quantitative estimate of drug-likeness (QED) is 0.811. The van der Waals surface area contributed by atoms with Crippen molar-refractivity contribution < 1.29 is 5.11 Å². The normalized spacial score (nSPS) is 29.4. The van der Waals surface area contributed by atoms with Crippen molar-refractivity contribution in [2.45, 2.75) is 30.6 Å². The van der Waals surface area contributed by atoms with E-state index in [0.717, 1.165) is 18.0 Å². The van der Waals surface area contributed by atoms with Crippen LogP contribution in [0.5, 0.6) is 0 Å². The maximum Gasteiger partial charge on any atom is 0.138 e. The summed E-state index contributed by atoms with van der Waals surface area (Å²) in [6.07, 6.45) is 5.44. The van der Waals surface area contributed by atoms with E-state index < -0.39 is 6.10 Å². The molecule has 2 unspecified atom stereocenters. The van der Waals surface area contributed by atoms with Gasteiger partial charge in [0, 0.05) is 24.2 Å². The largest absolute Gasteiger partial charge is 0.384 e. The Morgan fingerprint density at radius 3 is 3.00 bits per heavy atom. The second-order valence-corrected chi connectivity index (χ2v) is 5.69. The molecule has 1 saturated heterocycles. The zero-order chi connectivity index (χ0) is 10.2. The number of hydrogen-bond acceptors (Lipinski definition) is 3. The van der Waals surface area contributed by atoms with Gasteiger partial charge in [-0.3, -0.25) is 0 Å². The maximum atomic E-state index is 10.2. The average Bonchev–Trinajstić information content (AvgIpc) is 2.74. The molecule has 1 N–H and O–H groups in total. The van der Waals surface area contributed by atoms with Crippen LogP contribution >= 0.6 is 11.8 Å². The molecule has 1 aromatic rings. The van der Waals surface area contributed by atoms with Gasteiger partial charge in [-0.2, -0.15) is 11.8 Å². The van der Waals surface area contributed by atoms with E-state index in [9.17, 15) is 5.11 Å². The Morgan fingerprint density at radius 2 is 2.50 bits per heavy atom. The molecule has 2 rings (SSSR count). The van der Waals surface area contributed by atoms with Gasteiger partial charge in [0.25, 0.3) is 0 Å². The Bertz CT molecular complexity index is 318. The van der Waals surface area contributed by atoms with Crippen LogP contribution in [0, 0.1) is 0 Å². The molecule has 0 radical (unpaired) electrons. The highest BCUT2D eigenvalue weighted by Crippen LogP contribution is 2.45. The van der Waals surface area contributed by atoms with Gasteiger partial charge in [0.05, 0.1) is 0 Å². The van der Waals surface area contributed by atoms with Crippen LogP contribution in [-0.4, -0.2) is 25.2 Å². The highest BCUT2D eigenvalue weighted by molar-refractivity contribution is 8.00. The molecule has 1 aromatic heterocycles. The fourth-order valence-corrected chi connectivity index (χ4v) is 3.24. The number of aliphatic hydroxyl groups is 1. The Balaban J connectivity index is 2.23. The van der Waals surface area contributed by atoms with Crippen molar-refractivity contribution in [2.24, 2.45) is 7.05 Å². The molecule has 2 heterocycles. The average molecular weight is 212 g/mol. The predicted octanol–water partition coefficient (Wildman–Crippen LogP) is 1.74. The Hall–Kier alpha value is -0.480. The van der Waals surface area contributed by atoms with Gasteiger partial charge in [-0.1, -0.05) is 0 Å². The number of nitrogens with zero attached hydrogens (tertiary/aromatic N) is 2. The van der Waals surface area contributed by atoms with Gasteiger partial charge in [-0.25, -0.2) is 4.98 Å². The first-order chi connectivity index (χ1) is 6.63. The third-order valence-electron chi connectivity index (χ3n) is 2.93. The molecule has 4 heteroatoms. The SMILES string of the molecule is Cn1ccnc1C(O)C1(C)CCCS1. The van der Waals surface area contributed by atoms with Crippen LogP contribution in [0.2, 0.25) is 0 Å². The highest BCUT2D eigenvalue weighted by atomic mass is 32.2. The van der Waals surface area contributed by atoms with E-state index in [2.05, 4.69) is 11.9 Å². The van der Waals surface area contributed by atoms with Crippen LogP contribution in [0.4, 0.5) is 0 Å². The van der Waals surface area contributed by atoms with Crippen LogP contribution in [0.15, 0.2) is 12.4 Å². The summed E-state index contributed by atoms with van der Waals surface area (Å²) in [7, 11) is 1.93. The Kier molecular flexibility index (Phi) is 2.58. The predicted molar refractivity (Wildman–Crippen MR) is 58.3 cm³/mol. The zero-order valence-corrected chi connectivity index (χ0v) is 9.42. The molecule has 3 nitrogen and oxygen atoms in total. The van der Waals surface area contributed by atoms with E-state index in [1.54, 1.807) is 6.20 Å². The fraction of sp³-hybridized carbons (Fsp3) is 0.700. The van der Waals surface area contributed by atoms with E-state index in [0.29, 0.717) is 0 Å². The van der Waals surface area contributed by atoms with E-state index >= 15 is 0 Å². The van der Waals surface area contributed by atoms with Crippen molar-refractivity contribution in [3.8, 4) is 0 Å². The molecule has 14 heavy (non-hydrogen) atoms. The molecule has 78 valence electrons. The molecule has 0 amide bonds. The first-order valence-corrected chi connectivity index (χ1v) is 5.91. The van der Waals surface area contributed by atoms with E-state index in [1.165, 1.54) is 6.42 Å². The Labute approximate surface area is 88.5 Å². The summed E-state index contributed by atoms with van der Waals surface area (Å²) < 4.78 is 1.86. The van der Waals surface area contributed by atoms with Crippen molar-refractivity contribution in [1.29, 1.82) is 0 Å². The van der Waals surface area contributed by atoms with Crippen LogP contribution in [0.25, 0.3) is 0 Å². The standard InChI is InChI=1S/C10H16N2OS/c1-10(4-3-7-14-10)8(13)9-11-5-6-12(9)2/h5-6,8,13H,3-4,7H2,1-2H3. The summed E-state index contributed by atoms with van der Waals surface area (Å²) in [6, 6.07) is 0. The van der Waals surface area contributed by atoms with Gasteiger partial charge in [-0.05, 0) is 25.5 Å². The summed E-state index contributed by atoms with van der Waals surface area (Å²) >= 11 is 1.86. The van der Waals surface area contributed by atoms with Crippen LogP contribution in [0.1, 0.15) is 31.7 Å². The van der Waals surface area contributed by atoms with Crippen molar-refractivity contribution in [2.75, 3.05) is 5.75 Å². The summed E-state index contributed by atoms with van der Waals surface area (Å²) in [6.45, 7) is 2.13. The van der Waals surface area contributed by atoms with Crippen molar-refractivity contribution in [3.63, 3.8) is 0 Å². The second-order valence-electron chi connectivity index (χ2n) is 4.06. The number of rotatable bonds is 2.